The molecule has 2 aromatic carbocycles. The highest BCUT2D eigenvalue weighted by Crippen LogP contribution is 2.30. The van der Waals surface area contributed by atoms with Crippen LogP contribution in [0.25, 0.3) is 0 Å². The Morgan fingerprint density at radius 1 is 0.597 bits per heavy atom. The summed E-state index contributed by atoms with van der Waals surface area (Å²) in [6.07, 6.45) is 1.52. The number of methoxy groups -OCH3 is 1. The predicted octanol–water partition coefficient (Wildman–Crippen LogP) is 5.19. The Hall–Kier alpha value is -6.62. The van der Waals surface area contributed by atoms with Gasteiger partial charge in [0.2, 0.25) is 0 Å². The van der Waals surface area contributed by atoms with E-state index < -0.39 is 34.5 Å². The molecule has 3 aromatic rings. The van der Waals surface area contributed by atoms with Crippen LogP contribution >= 0.6 is 0 Å². The first kappa shape index (κ1) is 48.1. The maximum Gasteiger partial charge on any atom is 0.338 e. The van der Waals surface area contributed by atoms with E-state index in [4.69, 9.17) is 4.74 Å². The van der Waals surface area contributed by atoms with Gasteiger partial charge in [-0.2, -0.15) is 0 Å². The lowest BCUT2D eigenvalue weighted by Gasteiger charge is -2.21. The molecule has 4 heterocycles. The highest BCUT2D eigenvalue weighted by molar-refractivity contribution is 6.20. The molecule has 3 aliphatic rings. The maximum absolute atomic E-state index is 12.2. The summed E-state index contributed by atoms with van der Waals surface area (Å²) in [7, 11) is 1.52. The number of hydrogen-bond acceptors (Lipinski definition) is 11. The van der Waals surface area contributed by atoms with E-state index in [0.29, 0.717) is 28.4 Å². The Labute approximate surface area is 360 Å². The number of carbonyl (C=O) groups excluding carboxylic acids is 3. The number of carboxylic acid groups (broad SMARTS) is 3. The first-order chi connectivity index (χ1) is 28.8. The first-order valence-corrected chi connectivity index (χ1v) is 19.9. The highest BCUT2D eigenvalue weighted by Gasteiger charge is 2.45. The number of nitrogens with one attached hydrogen (secondary N) is 3. The lowest BCUT2D eigenvalue weighted by atomic mass is 9.89. The molecular formula is C45H55N7O10. The molecule has 1 aromatic heterocycles. The number of amidine groups is 3. The van der Waals surface area contributed by atoms with Crippen LogP contribution in [0.2, 0.25) is 0 Å². The molecule has 330 valence electrons. The number of hydrogen-bond donors (Lipinski definition) is 6. The molecule has 0 radical (unpaired) electrons. The van der Waals surface area contributed by atoms with E-state index in [1.54, 1.807) is 45.0 Å². The first-order valence-electron chi connectivity index (χ1n) is 19.9. The number of carboxylic acids is 3. The van der Waals surface area contributed by atoms with Crippen molar-refractivity contribution in [1.82, 2.24) is 20.9 Å². The van der Waals surface area contributed by atoms with Gasteiger partial charge in [-0.15, -0.1) is 0 Å². The summed E-state index contributed by atoms with van der Waals surface area (Å²) in [6, 6.07) is 11.5. The molecular weight excluding hydrogens is 799 g/mol. The van der Waals surface area contributed by atoms with E-state index in [1.807, 2.05) is 61.5 Å². The van der Waals surface area contributed by atoms with Crippen molar-refractivity contribution in [3.8, 4) is 0 Å². The summed E-state index contributed by atoms with van der Waals surface area (Å²) < 4.78 is 4.98. The van der Waals surface area contributed by atoms with Crippen molar-refractivity contribution < 1.29 is 48.8 Å². The second kappa shape index (κ2) is 18.6. The summed E-state index contributed by atoms with van der Waals surface area (Å²) in [5, 5.41) is 36.0. The second-order valence-electron chi connectivity index (χ2n) is 16.8. The van der Waals surface area contributed by atoms with Crippen LogP contribution in [0.1, 0.15) is 127 Å². The fourth-order valence-corrected chi connectivity index (χ4v) is 6.36. The average molecular weight is 854 g/mol. The van der Waals surface area contributed by atoms with Gasteiger partial charge < -0.3 is 36.0 Å². The Morgan fingerprint density at radius 3 is 1.45 bits per heavy atom. The molecule has 17 heteroatoms. The van der Waals surface area contributed by atoms with Gasteiger partial charge in [-0.25, -0.2) is 19.4 Å². The molecule has 6 N–H and O–H groups in total. The monoisotopic (exact) mass is 853 g/mol. The molecule has 3 atom stereocenters. The largest absolute Gasteiger partial charge is 0.478 e. The predicted molar refractivity (Wildman–Crippen MR) is 232 cm³/mol. The number of aliphatic imine (C=N–C) groups is 3. The van der Waals surface area contributed by atoms with Gasteiger partial charge >= 0.3 is 17.9 Å². The SMILES string of the molecule is COCc1cnc(C2=NC(C)(C(C)C)C(=O)N2)c(C(=O)O)c1.Cc1ccc(C(=O)O)c(C2=NC(C)(C(C)C)C(=O)N2)c1.Cc1ccc(C2=NC(C)(C(C)C)C(=O)N2)c(C(=O)O)c1. The fourth-order valence-electron chi connectivity index (χ4n) is 6.36. The van der Waals surface area contributed by atoms with Crippen LogP contribution in [0.5, 0.6) is 0 Å². The Balaban J connectivity index is 0.000000205. The fraction of sp³-hybridized carbons (Fsp3) is 0.422. The smallest absolute Gasteiger partial charge is 0.338 e. The molecule has 0 aliphatic carbocycles. The second-order valence-corrected chi connectivity index (χ2v) is 16.8. The van der Waals surface area contributed by atoms with Gasteiger partial charge in [-0.05, 0) is 82.2 Å². The molecule has 62 heavy (non-hydrogen) atoms. The summed E-state index contributed by atoms with van der Waals surface area (Å²) in [5.74, 6) is -2.93. The Kier molecular flexibility index (Phi) is 14.4. The summed E-state index contributed by atoms with van der Waals surface area (Å²) in [5.41, 5.74) is 1.12. The number of aromatic carboxylic acids is 3. The minimum absolute atomic E-state index is 0.0124. The third-order valence-electron chi connectivity index (χ3n) is 11.5. The number of amides is 3. The van der Waals surface area contributed by atoms with E-state index in [9.17, 15) is 44.1 Å². The molecule has 0 fully saturated rings. The summed E-state index contributed by atoms with van der Waals surface area (Å²) in [6.45, 7) is 20.6. The van der Waals surface area contributed by atoms with Crippen molar-refractivity contribution in [3.05, 3.63) is 98.9 Å². The van der Waals surface area contributed by atoms with Crippen molar-refractivity contribution in [2.75, 3.05) is 7.11 Å². The molecule has 0 saturated carbocycles. The number of carbonyl (C=O) groups is 6. The van der Waals surface area contributed by atoms with E-state index >= 15 is 0 Å². The molecule has 3 amide bonds. The van der Waals surface area contributed by atoms with E-state index in [-0.39, 0.29) is 70.3 Å². The van der Waals surface area contributed by atoms with Gasteiger partial charge in [0.25, 0.3) is 17.7 Å². The van der Waals surface area contributed by atoms with Crippen LogP contribution in [0, 0.1) is 31.6 Å². The van der Waals surface area contributed by atoms with E-state index in [2.05, 4.69) is 35.9 Å². The molecule has 0 spiro atoms. The van der Waals surface area contributed by atoms with E-state index in [1.165, 1.54) is 25.4 Å². The van der Waals surface area contributed by atoms with Crippen LogP contribution in [0.3, 0.4) is 0 Å². The standard InChI is InChI=1S/C15H19N3O4.2C15H18N2O3/c1-8(2)15(3)14(21)17-12(18-15)11-10(13(19)20)5-9(6-16-11)7-22-4;1-8(2)15(4)14(20)16-12(17-15)11-7-9(3)5-6-10(11)13(18)19;1-8(2)15(4)14(20)16-12(17-15)10-6-5-9(3)7-11(10)13(18)19/h5-6,8H,7H2,1-4H3,(H,19,20)(H,17,18,21);2*5-8H,1-4H3,(H,18,19)(H,16,17,20). The van der Waals surface area contributed by atoms with Crippen molar-refractivity contribution in [2.24, 2.45) is 32.7 Å². The van der Waals surface area contributed by atoms with Gasteiger partial charge in [-0.3, -0.25) is 29.4 Å². The molecule has 0 bridgehead atoms. The molecule has 3 aliphatic heterocycles. The summed E-state index contributed by atoms with van der Waals surface area (Å²) in [4.78, 5) is 87.9. The third kappa shape index (κ3) is 9.78. The van der Waals surface area contributed by atoms with E-state index in [0.717, 1.165) is 11.1 Å². The number of nitrogens with zero attached hydrogens (tertiary/aromatic N) is 4. The lowest BCUT2D eigenvalue weighted by molar-refractivity contribution is -0.125. The molecule has 3 unspecified atom stereocenters. The van der Waals surface area contributed by atoms with Crippen molar-refractivity contribution in [2.45, 2.75) is 99.4 Å². The average Bonchev–Trinajstić information content (AvgIpc) is 3.81. The topological polar surface area (TPSA) is 258 Å². The van der Waals surface area contributed by atoms with Crippen LogP contribution in [0.15, 0.2) is 63.6 Å². The quantitative estimate of drug-likeness (QED) is 0.146. The number of aryl methyl sites for hydroxylation is 2. The minimum atomic E-state index is -1.13. The molecule has 17 nitrogen and oxygen atoms in total. The van der Waals surface area contributed by atoms with Crippen LogP contribution in [-0.2, 0) is 25.7 Å². The molecule has 6 rings (SSSR count). The highest BCUT2D eigenvalue weighted by atomic mass is 16.5. The van der Waals surface area contributed by atoms with Gasteiger partial charge in [-0.1, -0.05) is 70.9 Å². The van der Waals surface area contributed by atoms with Gasteiger partial charge in [0.15, 0.2) is 5.84 Å². The van der Waals surface area contributed by atoms with Crippen LogP contribution in [0.4, 0.5) is 0 Å². The number of pyridine rings is 1. The van der Waals surface area contributed by atoms with Crippen molar-refractivity contribution in [1.29, 1.82) is 0 Å². The maximum atomic E-state index is 12.2. The zero-order chi connectivity index (χ0) is 46.6. The molecule has 0 saturated heterocycles. The Morgan fingerprint density at radius 2 is 1.02 bits per heavy atom. The third-order valence-corrected chi connectivity index (χ3v) is 11.5. The zero-order valence-corrected chi connectivity index (χ0v) is 37.0. The minimum Gasteiger partial charge on any atom is -0.478 e. The normalized spacial score (nSPS) is 21.5. The number of rotatable bonds is 11. The van der Waals surface area contributed by atoms with Crippen LogP contribution < -0.4 is 16.0 Å². The van der Waals surface area contributed by atoms with Gasteiger partial charge in [0, 0.05) is 24.4 Å². The zero-order valence-electron chi connectivity index (χ0n) is 37.0. The number of benzene rings is 2. The summed E-state index contributed by atoms with van der Waals surface area (Å²) >= 11 is 0. The number of aromatic nitrogens is 1. The Bertz CT molecular complexity index is 2420. The van der Waals surface area contributed by atoms with Crippen molar-refractivity contribution in [3.63, 3.8) is 0 Å². The van der Waals surface area contributed by atoms with Crippen molar-refractivity contribution >= 4 is 53.1 Å². The van der Waals surface area contributed by atoms with Gasteiger partial charge in [0.1, 0.15) is 34.0 Å². The lowest BCUT2D eigenvalue weighted by Crippen LogP contribution is -2.41. The van der Waals surface area contributed by atoms with Gasteiger partial charge in [0.05, 0.1) is 23.3 Å². The number of ether oxygens (including phenoxy) is 1. The van der Waals surface area contributed by atoms with Crippen LogP contribution in [-0.4, -0.2) is 97.2 Å².